The molecule has 3 N–H and O–H groups in total. The summed E-state index contributed by atoms with van der Waals surface area (Å²) in [6.45, 7) is 1.58. The van der Waals surface area contributed by atoms with Crippen LogP contribution in [-0.2, 0) is 11.4 Å². The van der Waals surface area contributed by atoms with Crippen LogP contribution in [0, 0.1) is 0 Å². The van der Waals surface area contributed by atoms with Gasteiger partial charge < -0.3 is 20.3 Å². The van der Waals surface area contributed by atoms with E-state index >= 15 is 0 Å². The first-order chi connectivity index (χ1) is 11.5. The zero-order valence-electron chi connectivity index (χ0n) is 13.2. The molecule has 0 aliphatic carbocycles. The number of amides is 1. The molecule has 0 aliphatic rings. The standard InChI is InChI=1S/C18H19NO5/c1-12(20)16(18(22)23)19-17(21)14-9-5-6-10-15(14)24-11-13-7-3-2-4-8-13/h2-10,12,16,20H,11H2,1H3,(H,19,21)(H,22,23)/t12-,16+/m1/s1. The summed E-state index contributed by atoms with van der Waals surface area (Å²) in [5, 5.41) is 20.8. The van der Waals surface area contributed by atoms with E-state index in [4.69, 9.17) is 9.84 Å². The highest BCUT2D eigenvalue weighted by Gasteiger charge is 2.26. The van der Waals surface area contributed by atoms with Crippen molar-refractivity contribution in [1.82, 2.24) is 5.32 Å². The number of benzene rings is 2. The number of hydrogen-bond donors (Lipinski definition) is 3. The Hall–Kier alpha value is -2.86. The molecule has 0 fully saturated rings. The van der Waals surface area contributed by atoms with Crippen LogP contribution in [0.4, 0.5) is 0 Å². The first-order valence-corrected chi connectivity index (χ1v) is 7.46. The zero-order valence-corrected chi connectivity index (χ0v) is 13.2. The zero-order chi connectivity index (χ0) is 17.5. The minimum Gasteiger partial charge on any atom is -0.488 e. The lowest BCUT2D eigenvalue weighted by Gasteiger charge is -2.18. The van der Waals surface area contributed by atoms with Gasteiger partial charge in [0.1, 0.15) is 12.4 Å². The Balaban J connectivity index is 2.12. The Morgan fingerprint density at radius 2 is 1.71 bits per heavy atom. The maximum Gasteiger partial charge on any atom is 0.328 e. The van der Waals surface area contributed by atoms with E-state index < -0.39 is 24.0 Å². The number of hydrogen-bond acceptors (Lipinski definition) is 4. The summed E-state index contributed by atoms with van der Waals surface area (Å²) in [5.41, 5.74) is 1.15. The van der Waals surface area contributed by atoms with Crippen LogP contribution in [0.2, 0.25) is 0 Å². The first-order valence-electron chi connectivity index (χ1n) is 7.46. The molecule has 24 heavy (non-hydrogen) atoms. The van der Waals surface area contributed by atoms with Gasteiger partial charge in [0, 0.05) is 0 Å². The fourth-order valence-corrected chi connectivity index (χ4v) is 2.12. The maximum absolute atomic E-state index is 12.3. The van der Waals surface area contributed by atoms with E-state index in [2.05, 4.69) is 5.32 Å². The van der Waals surface area contributed by atoms with E-state index in [1.54, 1.807) is 18.2 Å². The molecule has 6 heteroatoms. The highest BCUT2D eigenvalue weighted by atomic mass is 16.5. The summed E-state index contributed by atoms with van der Waals surface area (Å²) < 4.78 is 5.68. The maximum atomic E-state index is 12.3. The number of rotatable bonds is 7. The number of carboxylic acid groups (broad SMARTS) is 1. The van der Waals surface area contributed by atoms with Gasteiger partial charge >= 0.3 is 5.97 Å². The molecule has 2 rings (SSSR count). The van der Waals surface area contributed by atoms with Crippen LogP contribution in [-0.4, -0.2) is 34.2 Å². The largest absolute Gasteiger partial charge is 0.488 e. The third-order valence-electron chi connectivity index (χ3n) is 3.40. The average molecular weight is 329 g/mol. The van der Waals surface area contributed by atoms with Gasteiger partial charge in [-0.1, -0.05) is 42.5 Å². The smallest absolute Gasteiger partial charge is 0.328 e. The number of carbonyl (C=O) groups excluding carboxylic acids is 1. The molecule has 0 saturated carbocycles. The van der Waals surface area contributed by atoms with Crippen molar-refractivity contribution >= 4 is 11.9 Å². The number of aliphatic hydroxyl groups is 1. The lowest BCUT2D eigenvalue weighted by molar-refractivity contribution is -0.141. The third-order valence-corrected chi connectivity index (χ3v) is 3.40. The van der Waals surface area contributed by atoms with E-state index in [1.807, 2.05) is 30.3 Å². The molecular formula is C18H19NO5. The van der Waals surface area contributed by atoms with Crippen molar-refractivity contribution in [1.29, 1.82) is 0 Å². The van der Waals surface area contributed by atoms with Crippen LogP contribution >= 0.6 is 0 Å². The number of ether oxygens (including phenoxy) is 1. The number of para-hydroxylation sites is 1. The summed E-state index contributed by atoms with van der Waals surface area (Å²) in [6.07, 6.45) is -1.22. The minimum absolute atomic E-state index is 0.209. The van der Waals surface area contributed by atoms with Crippen molar-refractivity contribution in [2.45, 2.75) is 25.7 Å². The van der Waals surface area contributed by atoms with Crippen LogP contribution in [0.3, 0.4) is 0 Å². The molecule has 2 aromatic rings. The van der Waals surface area contributed by atoms with E-state index in [0.717, 1.165) is 5.56 Å². The quantitative estimate of drug-likeness (QED) is 0.720. The topological polar surface area (TPSA) is 95.9 Å². The summed E-state index contributed by atoms with van der Waals surface area (Å²) in [5.74, 6) is -1.58. The van der Waals surface area contributed by atoms with Crippen LogP contribution in [0.1, 0.15) is 22.8 Å². The third kappa shape index (κ3) is 4.57. The van der Waals surface area contributed by atoms with Crippen molar-refractivity contribution < 1.29 is 24.5 Å². The molecule has 0 aromatic heterocycles. The Bertz CT molecular complexity index is 700. The van der Waals surface area contributed by atoms with Gasteiger partial charge in [-0.25, -0.2) is 4.79 Å². The van der Waals surface area contributed by atoms with E-state index in [9.17, 15) is 14.7 Å². The van der Waals surface area contributed by atoms with Gasteiger partial charge in [0.2, 0.25) is 0 Å². The molecule has 0 saturated heterocycles. The summed E-state index contributed by atoms with van der Waals surface area (Å²) in [6, 6.07) is 14.6. The lowest BCUT2D eigenvalue weighted by Crippen LogP contribution is -2.47. The molecule has 0 unspecified atom stereocenters. The number of carbonyl (C=O) groups is 2. The average Bonchev–Trinajstić information content (AvgIpc) is 2.58. The number of nitrogens with one attached hydrogen (secondary N) is 1. The van der Waals surface area contributed by atoms with Crippen LogP contribution in [0.15, 0.2) is 54.6 Å². The van der Waals surface area contributed by atoms with Gasteiger partial charge in [-0.15, -0.1) is 0 Å². The van der Waals surface area contributed by atoms with Crippen molar-refractivity contribution in [2.24, 2.45) is 0 Å². The summed E-state index contributed by atoms with van der Waals surface area (Å²) in [7, 11) is 0. The Kier molecular flexibility index (Phi) is 5.92. The predicted octanol–water partition coefficient (Wildman–Crippen LogP) is 1.83. The highest BCUT2D eigenvalue weighted by Crippen LogP contribution is 2.19. The molecule has 0 aliphatic heterocycles. The van der Waals surface area contributed by atoms with E-state index in [1.165, 1.54) is 13.0 Å². The van der Waals surface area contributed by atoms with Crippen LogP contribution in [0.25, 0.3) is 0 Å². The second-order valence-electron chi connectivity index (χ2n) is 5.30. The van der Waals surface area contributed by atoms with Crippen LogP contribution < -0.4 is 10.1 Å². The molecule has 1 amide bonds. The number of aliphatic hydroxyl groups excluding tert-OH is 1. The Morgan fingerprint density at radius 1 is 1.08 bits per heavy atom. The van der Waals surface area contributed by atoms with Gasteiger partial charge in [-0.3, -0.25) is 4.79 Å². The molecule has 0 radical (unpaired) electrons. The normalized spacial score (nSPS) is 12.9. The van der Waals surface area contributed by atoms with E-state index in [-0.39, 0.29) is 12.2 Å². The molecular weight excluding hydrogens is 310 g/mol. The summed E-state index contributed by atoms with van der Waals surface area (Å²) >= 11 is 0. The van der Waals surface area contributed by atoms with Gasteiger partial charge in [-0.2, -0.15) is 0 Å². The highest BCUT2D eigenvalue weighted by molar-refractivity contribution is 5.99. The van der Waals surface area contributed by atoms with Crippen molar-refractivity contribution in [3.8, 4) is 5.75 Å². The van der Waals surface area contributed by atoms with Gasteiger partial charge in [0.25, 0.3) is 5.91 Å². The second kappa shape index (κ2) is 8.12. The first kappa shape index (κ1) is 17.5. The molecule has 0 heterocycles. The second-order valence-corrected chi connectivity index (χ2v) is 5.30. The fraction of sp³-hybridized carbons (Fsp3) is 0.222. The molecule has 2 atom stereocenters. The monoisotopic (exact) mass is 329 g/mol. The molecule has 126 valence electrons. The van der Waals surface area contributed by atoms with Gasteiger partial charge in [-0.05, 0) is 24.6 Å². The van der Waals surface area contributed by atoms with Gasteiger partial charge in [0.05, 0.1) is 11.7 Å². The molecule has 6 nitrogen and oxygen atoms in total. The van der Waals surface area contributed by atoms with Gasteiger partial charge in [0.15, 0.2) is 6.04 Å². The summed E-state index contributed by atoms with van der Waals surface area (Å²) in [4.78, 5) is 23.4. The van der Waals surface area contributed by atoms with Crippen molar-refractivity contribution in [3.05, 3.63) is 65.7 Å². The SMILES string of the molecule is C[C@@H](O)[C@H](NC(=O)c1ccccc1OCc1ccccc1)C(=O)O. The van der Waals surface area contributed by atoms with Crippen molar-refractivity contribution in [2.75, 3.05) is 0 Å². The molecule has 0 spiro atoms. The fourth-order valence-electron chi connectivity index (χ4n) is 2.12. The van der Waals surface area contributed by atoms with Crippen LogP contribution in [0.5, 0.6) is 5.75 Å². The molecule has 0 bridgehead atoms. The van der Waals surface area contributed by atoms with Crippen molar-refractivity contribution in [3.63, 3.8) is 0 Å². The number of aliphatic carboxylic acids is 1. The molecule has 2 aromatic carbocycles. The lowest BCUT2D eigenvalue weighted by atomic mass is 10.1. The minimum atomic E-state index is -1.39. The van der Waals surface area contributed by atoms with E-state index in [0.29, 0.717) is 5.75 Å². The Labute approximate surface area is 139 Å². The Morgan fingerprint density at radius 3 is 2.33 bits per heavy atom. The predicted molar refractivity (Wildman–Crippen MR) is 87.8 cm³/mol. The number of carboxylic acids is 1.